The number of carbonyl (C=O) groups is 2. The molecule has 1 aliphatic heterocycles. The van der Waals surface area contributed by atoms with Crippen molar-refractivity contribution in [3.05, 3.63) is 107 Å². The van der Waals surface area contributed by atoms with E-state index in [1.807, 2.05) is 73.7 Å². The number of benzene rings is 3. The zero-order chi connectivity index (χ0) is 27.4. The molecule has 39 heavy (non-hydrogen) atoms. The van der Waals surface area contributed by atoms with Crippen LogP contribution in [-0.2, 0) is 20.7 Å². The molecule has 3 atom stereocenters. The van der Waals surface area contributed by atoms with E-state index in [9.17, 15) is 9.59 Å². The lowest BCUT2D eigenvalue weighted by molar-refractivity contribution is -0.146. The number of hydrogen-bond donors (Lipinski definition) is 0. The normalized spacial score (nSPS) is 20.6. The third kappa shape index (κ3) is 5.37. The van der Waals surface area contributed by atoms with Crippen LogP contribution in [0.25, 0.3) is 0 Å². The molecular formula is C33H33NO5. The molecule has 200 valence electrons. The highest BCUT2D eigenvalue weighted by Gasteiger charge is 2.46. The van der Waals surface area contributed by atoms with E-state index in [-0.39, 0.29) is 18.3 Å². The van der Waals surface area contributed by atoms with Crippen LogP contribution in [0.5, 0.6) is 11.5 Å². The van der Waals surface area contributed by atoms with Gasteiger partial charge in [-0.15, -0.1) is 0 Å². The molecule has 3 aromatic carbocycles. The van der Waals surface area contributed by atoms with Gasteiger partial charge in [0.15, 0.2) is 17.3 Å². The van der Waals surface area contributed by atoms with E-state index in [1.165, 1.54) is 0 Å². The molecule has 0 amide bonds. The second-order valence-corrected chi connectivity index (χ2v) is 9.99. The fourth-order valence-electron chi connectivity index (χ4n) is 5.82. The number of para-hydroxylation sites is 1. The Morgan fingerprint density at radius 3 is 2.31 bits per heavy atom. The van der Waals surface area contributed by atoms with Crippen LogP contribution in [0.15, 0.2) is 95.1 Å². The van der Waals surface area contributed by atoms with Gasteiger partial charge in [-0.1, -0.05) is 72.8 Å². The lowest BCUT2D eigenvalue weighted by Gasteiger charge is -2.37. The maximum atomic E-state index is 13.9. The third-order valence-corrected chi connectivity index (χ3v) is 7.66. The summed E-state index contributed by atoms with van der Waals surface area (Å²) < 4.78 is 17.2. The van der Waals surface area contributed by atoms with Crippen LogP contribution in [0.4, 0.5) is 0 Å². The van der Waals surface area contributed by atoms with Gasteiger partial charge in [-0.05, 0) is 36.5 Å². The van der Waals surface area contributed by atoms with Crippen molar-refractivity contribution in [2.45, 2.75) is 38.0 Å². The summed E-state index contributed by atoms with van der Waals surface area (Å²) in [6.45, 7) is 2.09. The Kier molecular flexibility index (Phi) is 7.92. The molecule has 2 aliphatic rings. The molecule has 0 saturated heterocycles. The lowest BCUT2D eigenvalue weighted by atomic mass is 9.69. The molecule has 6 heteroatoms. The fourth-order valence-corrected chi connectivity index (χ4v) is 5.82. The smallest absolute Gasteiger partial charge is 0.315 e. The molecule has 1 unspecified atom stereocenters. The molecule has 1 heterocycles. The molecule has 0 bridgehead atoms. The van der Waals surface area contributed by atoms with E-state index in [4.69, 9.17) is 19.2 Å². The van der Waals surface area contributed by atoms with Crippen molar-refractivity contribution in [3.8, 4) is 11.5 Å². The minimum Gasteiger partial charge on any atom is -0.493 e. The van der Waals surface area contributed by atoms with Crippen molar-refractivity contribution >= 4 is 17.5 Å². The molecule has 6 nitrogen and oxygen atoms in total. The molecule has 0 spiro atoms. The molecule has 0 saturated carbocycles. The number of ketones is 1. The van der Waals surface area contributed by atoms with Crippen molar-refractivity contribution in [2.75, 3.05) is 20.8 Å². The van der Waals surface area contributed by atoms with Crippen molar-refractivity contribution in [3.63, 3.8) is 0 Å². The Bertz CT molecular complexity index is 1410. The first kappa shape index (κ1) is 26.4. The number of ether oxygens (including phenoxy) is 3. The number of aliphatic imine (C=N–C) groups is 1. The zero-order valence-corrected chi connectivity index (χ0v) is 22.6. The lowest BCUT2D eigenvalue weighted by Crippen LogP contribution is -2.38. The SMILES string of the molecule is COc1cccc([C@H]2C3=C(C[C@H](c4ccccc4)CC3=O)N=C(C)C2C(=O)OCCc2ccccc2)c1OC. The fraction of sp³-hybridized carbons (Fsp3) is 0.303. The number of methoxy groups -OCH3 is 2. The van der Waals surface area contributed by atoms with E-state index >= 15 is 0 Å². The van der Waals surface area contributed by atoms with Crippen molar-refractivity contribution in [1.29, 1.82) is 0 Å². The zero-order valence-electron chi connectivity index (χ0n) is 22.6. The highest BCUT2D eigenvalue weighted by molar-refractivity contribution is 6.09. The van der Waals surface area contributed by atoms with Gasteiger partial charge in [-0.25, -0.2) is 0 Å². The van der Waals surface area contributed by atoms with Gasteiger partial charge in [0.05, 0.1) is 20.8 Å². The molecule has 1 aliphatic carbocycles. The number of hydrogen-bond acceptors (Lipinski definition) is 6. The molecule has 0 radical (unpaired) electrons. The minimum absolute atomic E-state index is 0.00156. The molecule has 5 rings (SSSR count). The van der Waals surface area contributed by atoms with E-state index in [0.717, 1.165) is 22.4 Å². The second-order valence-electron chi connectivity index (χ2n) is 9.99. The molecule has 0 N–H and O–H groups in total. The Labute approximate surface area is 229 Å². The van der Waals surface area contributed by atoms with Crippen LogP contribution in [0, 0.1) is 5.92 Å². The summed E-state index contributed by atoms with van der Waals surface area (Å²) in [5.41, 5.74) is 4.86. The summed E-state index contributed by atoms with van der Waals surface area (Å²) in [5, 5.41) is 0. The highest BCUT2D eigenvalue weighted by Crippen LogP contribution is 2.50. The average Bonchev–Trinajstić information content (AvgIpc) is 2.96. The molecule has 0 fully saturated rings. The summed E-state index contributed by atoms with van der Waals surface area (Å²) in [6, 6.07) is 25.5. The quantitative estimate of drug-likeness (QED) is 0.335. The van der Waals surface area contributed by atoms with Gasteiger partial charge in [-0.3, -0.25) is 14.6 Å². The van der Waals surface area contributed by atoms with Crippen molar-refractivity contribution < 1.29 is 23.8 Å². The molecule has 3 aromatic rings. The van der Waals surface area contributed by atoms with Gasteiger partial charge >= 0.3 is 5.97 Å². The van der Waals surface area contributed by atoms with Gasteiger partial charge in [0, 0.05) is 41.3 Å². The Morgan fingerprint density at radius 1 is 0.897 bits per heavy atom. The monoisotopic (exact) mass is 523 g/mol. The van der Waals surface area contributed by atoms with Gasteiger partial charge in [0.1, 0.15) is 5.92 Å². The van der Waals surface area contributed by atoms with Crippen LogP contribution in [-0.4, -0.2) is 38.3 Å². The van der Waals surface area contributed by atoms with Crippen LogP contribution in [0.2, 0.25) is 0 Å². The largest absolute Gasteiger partial charge is 0.493 e. The van der Waals surface area contributed by atoms with Crippen LogP contribution >= 0.6 is 0 Å². The van der Waals surface area contributed by atoms with E-state index in [2.05, 4.69) is 12.1 Å². The first-order chi connectivity index (χ1) is 19.0. The highest BCUT2D eigenvalue weighted by atomic mass is 16.5. The average molecular weight is 524 g/mol. The van der Waals surface area contributed by atoms with Gasteiger partial charge in [-0.2, -0.15) is 0 Å². The standard InChI is InChI=1S/C33H33NO5/c1-21-29(33(36)39-18-17-22-11-6-4-7-12-22)30(25-15-10-16-28(37-2)32(25)38-3)31-26(34-21)19-24(20-27(31)35)23-13-8-5-9-14-23/h4-16,24,29-30H,17-20H2,1-3H3/t24-,29?,30+/m0/s1. The molecular weight excluding hydrogens is 490 g/mol. The summed E-state index contributed by atoms with van der Waals surface area (Å²) >= 11 is 0. The summed E-state index contributed by atoms with van der Waals surface area (Å²) in [7, 11) is 3.15. The number of allylic oxidation sites excluding steroid dienone is 2. The van der Waals surface area contributed by atoms with Crippen molar-refractivity contribution in [2.24, 2.45) is 10.9 Å². The van der Waals surface area contributed by atoms with Gasteiger partial charge < -0.3 is 14.2 Å². The predicted molar refractivity (Wildman–Crippen MR) is 150 cm³/mol. The summed E-state index contributed by atoms with van der Waals surface area (Å²) in [6.07, 6.45) is 1.59. The number of rotatable bonds is 8. The topological polar surface area (TPSA) is 74.2 Å². The summed E-state index contributed by atoms with van der Waals surface area (Å²) in [5.74, 6) is -0.652. The Hall–Kier alpha value is -4.19. The van der Waals surface area contributed by atoms with Crippen LogP contribution in [0.1, 0.15) is 48.3 Å². The van der Waals surface area contributed by atoms with E-state index in [1.54, 1.807) is 14.2 Å². The number of nitrogens with zero attached hydrogens (tertiary/aromatic N) is 1. The number of esters is 1. The first-order valence-corrected chi connectivity index (χ1v) is 13.3. The Balaban J connectivity index is 1.53. The molecule has 0 aromatic heterocycles. The predicted octanol–water partition coefficient (Wildman–Crippen LogP) is 6.06. The second kappa shape index (κ2) is 11.7. The Morgan fingerprint density at radius 2 is 1.62 bits per heavy atom. The van der Waals surface area contributed by atoms with Gasteiger partial charge in [0.25, 0.3) is 0 Å². The van der Waals surface area contributed by atoms with Crippen molar-refractivity contribution in [1.82, 2.24) is 0 Å². The van der Waals surface area contributed by atoms with Crippen LogP contribution < -0.4 is 9.47 Å². The maximum Gasteiger partial charge on any atom is 0.315 e. The first-order valence-electron chi connectivity index (χ1n) is 13.3. The van der Waals surface area contributed by atoms with Crippen LogP contribution in [0.3, 0.4) is 0 Å². The summed E-state index contributed by atoms with van der Waals surface area (Å²) in [4.78, 5) is 32.4. The minimum atomic E-state index is -0.752. The van der Waals surface area contributed by atoms with Gasteiger partial charge in [0.2, 0.25) is 0 Å². The number of Topliss-reactive ketones (excluding diaryl/α,β-unsaturated/α-hetero) is 1. The van der Waals surface area contributed by atoms with E-state index < -0.39 is 17.8 Å². The number of carbonyl (C=O) groups excluding carboxylic acids is 2. The third-order valence-electron chi connectivity index (χ3n) is 7.66. The van der Waals surface area contributed by atoms with E-state index in [0.29, 0.717) is 42.0 Å². The maximum absolute atomic E-state index is 13.9.